The number of anilines is 1. The minimum atomic E-state index is 0.0328. The van der Waals surface area contributed by atoms with Crippen LogP contribution in [0.4, 0.5) is 10.6 Å². The normalized spacial score (nSPS) is 16.1. The van der Waals surface area contributed by atoms with Gasteiger partial charge in [0.2, 0.25) is 0 Å². The van der Waals surface area contributed by atoms with E-state index in [1.54, 1.807) is 6.20 Å². The Morgan fingerprint density at radius 3 is 2.80 bits per heavy atom. The number of amides is 2. The average molecular weight is 276 g/mol. The summed E-state index contributed by atoms with van der Waals surface area (Å²) in [5.41, 5.74) is 1.04. The molecule has 0 bridgehead atoms. The van der Waals surface area contributed by atoms with Gasteiger partial charge in [-0.1, -0.05) is 13.0 Å². The molecular formula is C15H24N4O. The number of urea groups is 1. The minimum Gasteiger partial charge on any atom is -0.362 e. The molecule has 0 saturated carbocycles. The molecule has 5 nitrogen and oxygen atoms in total. The Labute approximate surface area is 121 Å². The molecule has 1 N–H and O–H groups in total. The van der Waals surface area contributed by atoms with E-state index < -0.39 is 0 Å². The maximum Gasteiger partial charge on any atom is 0.317 e. The summed E-state index contributed by atoms with van der Waals surface area (Å²) in [7, 11) is 3.92. The lowest BCUT2D eigenvalue weighted by atomic mass is 10.00. The third kappa shape index (κ3) is 3.62. The van der Waals surface area contributed by atoms with Crippen molar-refractivity contribution in [1.82, 2.24) is 15.2 Å². The van der Waals surface area contributed by atoms with Crippen molar-refractivity contribution in [1.29, 1.82) is 0 Å². The highest BCUT2D eigenvalue weighted by molar-refractivity contribution is 5.74. The first-order chi connectivity index (χ1) is 9.58. The van der Waals surface area contributed by atoms with Crippen molar-refractivity contribution in [2.24, 2.45) is 5.92 Å². The van der Waals surface area contributed by atoms with Gasteiger partial charge in [0, 0.05) is 45.5 Å². The number of nitrogens with zero attached hydrogens (tertiary/aromatic N) is 3. The van der Waals surface area contributed by atoms with Gasteiger partial charge in [-0.05, 0) is 24.8 Å². The fourth-order valence-electron chi connectivity index (χ4n) is 2.47. The maximum atomic E-state index is 12.1. The molecule has 0 atom stereocenters. The molecule has 1 saturated heterocycles. The molecule has 0 aliphatic carbocycles. The van der Waals surface area contributed by atoms with Crippen LogP contribution in [0.1, 0.15) is 25.3 Å². The summed E-state index contributed by atoms with van der Waals surface area (Å²) >= 11 is 0. The van der Waals surface area contributed by atoms with E-state index >= 15 is 0 Å². The Morgan fingerprint density at radius 1 is 1.45 bits per heavy atom. The van der Waals surface area contributed by atoms with E-state index in [0.717, 1.165) is 43.2 Å². The summed E-state index contributed by atoms with van der Waals surface area (Å²) in [4.78, 5) is 20.4. The first-order valence-electron chi connectivity index (χ1n) is 7.22. The smallest absolute Gasteiger partial charge is 0.317 e. The maximum absolute atomic E-state index is 12.1. The van der Waals surface area contributed by atoms with Gasteiger partial charge in [0.25, 0.3) is 0 Å². The number of hydrogen-bond donors (Lipinski definition) is 1. The Kier molecular flexibility index (Phi) is 4.82. The SMILES string of the molecule is CC1CCN(C(=O)NCc2cccnc2N(C)C)CC1. The molecule has 5 heteroatoms. The molecule has 2 heterocycles. The highest BCUT2D eigenvalue weighted by Crippen LogP contribution is 2.17. The van der Waals surface area contributed by atoms with Crippen molar-refractivity contribution in [3.05, 3.63) is 23.9 Å². The molecular weight excluding hydrogens is 252 g/mol. The number of pyridine rings is 1. The molecule has 1 aromatic rings. The molecule has 110 valence electrons. The van der Waals surface area contributed by atoms with Gasteiger partial charge in [-0.25, -0.2) is 9.78 Å². The predicted molar refractivity (Wildman–Crippen MR) is 80.8 cm³/mol. The molecule has 0 aromatic carbocycles. The van der Waals surface area contributed by atoms with Gasteiger partial charge in [0.15, 0.2) is 0 Å². The number of carbonyl (C=O) groups is 1. The van der Waals surface area contributed by atoms with E-state index in [2.05, 4.69) is 17.2 Å². The average Bonchev–Trinajstić information content (AvgIpc) is 2.45. The summed E-state index contributed by atoms with van der Waals surface area (Å²) in [6.45, 7) is 4.49. The molecule has 20 heavy (non-hydrogen) atoms. The van der Waals surface area contributed by atoms with Gasteiger partial charge in [-0.3, -0.25) is 0 Å². The Balaban J connectivity index is 1.90. The van der Waals surface area contributed by atoms with Gasteiger partial charge >= 0.3 is 6.03 Å². The second-order valence-electron chi connectivity index (χ2n) is 5.71. The minimum absolute atomic E-state index is 0.0328. The number of hydrogen-bond acceptors (Lipinski definition) is 3. The van der Waals surface area contributed by atoms with Crippen molar-refractivity contribution < 1.29 is 4.79 Å². The van der Waals surface area contributed by atoms with E-state index in [4.69, 9.17) is 0 Å². The molecule has 0 spiro atoms. The zero-order valence-corrected chi connectivity index (χ0v) is 12.6. The summed E-state index contributed by atoms with van der Waals surface area (Å²) in [5.74, 6) is 1.64. The standard InChI is InChI=1S/C15H24N4O/c1-12-6-9-19(10-7-12)15(20)17-11-13-5-4-8-16-14(13)18(2)3/h4-5,8,12H,6-7,9-11H2,1-3H3,(H,17,20). The number of likely N-dealkylation sites (tertiary alicyclic amines) is 1. The van der Waals surface area contributed by atoms with Crippen LogP contribution in [0, 0.1) is 5.92 Å². The Hall–Kier alpha value is -1.78. The van der Waals surface area contributed by atoms with Crippen LogP contribution in [0.25, 0.3) is 0 Å². The van der Waals surface area contributed by atoms with Gasteiger partial charge in [0.1, 0.15) is 5.82 Å². The van der Waals surface area contributed by atoms with Crippen LogP contribution in [0.2, 0.25) is 0 Å². The van der Waals surface area contributed by atoms with Crippen LogP contribution in [0.3, 0.4) is 0 Å². The molecule has 0 radical (unpaired) electrons. The van der Waals surface area contributed by atoms with Crippen molar-refractivity contribution in [3.63, 3.8) is 0 Å². The van der Waals surface area contributed by atoms with E-state index in [1.807, 2.05) is 36.0 Å². The zero-order valence-electron chi connectivity index (χ0n) is 12.6. The van der Waals surface area contributed by atoms with Crippen LogP contribution in [-0.2, 0) is 6.54 Å². The molecule has 2 amide bonds. The van der Waals surface area contributed by atoms with E-state index in [1.165, 1.54) is 0 Å². The highest BCUT2D eigenvalue weighted by atomic mass is 16.2. The molecule has 0 unspecified atom stereocenters. The van der Waals surface area contributed by atoms with Crippen molar-refractivity contribution in [3.8, 4) is 0 Å². The van der Waals surface area contributed by atoms with Gasteiger partial charge < -0.3 is 15.1 Å². The number of aromatic nitrogens is 1. The highest BCUT2D eigenvalue weighted by Gasteiger charge is 2.20. The first-order valence-corrected chi connectivity index (χ1v) is 7.22. The topological polar surface area (TPSA) is 48.5 Å². The second kappa shape index (κ2) is 6.59. The lowest BCUT2D eigenvalue weighted by Crippen LogP contribution is -2.44. The van der Waals surface area contributed by atoms with Crippen molar-refractivity contribution >= 4 is 11.8 Å². The number of nitrogens with one attached hydrogen (secondary N) is 1. The fraction of sp³-hybridized carbons (Fsp3) is 0.600. The van der Waals surface area contributed by atoms with E-state index in [9.17, 15) is 4.79 Å². The number of carbonyl (C=O) groups excluding carboxylic acids is 1. The summed E-state index contributed by atoms with van der Waals surface area (Å²) < 4.78 is 0. The van der Waals surface area contributed by atoms with E-state index in [0.29, 0.717) is 6.54 Å². The van der Waals surface area contributed by atoms with E-state index in [-0.39, 0.29) is 6.03 Å². The van der Waals surface area contributed by atoms with Crippen LogP contribution in [0.5, 0.6) is 0 Å². The molecule has 1 fully saturated rings. The summed E-state index contributed by atoms with van der Waals surface area (Å²) in [6.07, 6.45) is 3.97. The van der Waals surface area contributed by atoms with Gasteiger partial charge in [0.05, 0.1) is 0 Å². The molecule has 1 aliphatic rings. The van der Waals surface area contributed by atoms with Crippen molar-refractivity contribution in [2.75, 3.05) is 32.1 Å². The lowest BCUT2D eigenvalue weighted by Gasteiger charge is -2.30. The zero-order chi connectivity index (χ0) is 14.5. The van der Waals surface area contributed by atoms with Crippen molar-refractivity contribution in [2.45, 2.75) is 26.3 Å². The van der Waals surface area contributed by atoms with Crippen LogP contribution in [0.15, 0.2) is 18.3 Å². The molecule has 1 aromatic heterocycles. The quantitative estimate of drug-likeness (QED) is 0.919. The first kappa shape index (κ1) is 14.6. The Bertz CT molecular complexity index is 453. The predicted octanol–water partition coefficient (Wildman–Crippen LogP) is 2.09. The van der Waals surface area contributed by atoms with Crippen LogP contribution in [-0.4, -0.2) is 43.1 Å². The number of piperidine rings is 1. The lowest BCUT2D eigenvalue weighted by molar-refractivity contribution is 0.173. The molecule has 2 rings (SSSR count). The second-order valence-corrected chi connectivity index (χ2v) is 5.71. The summed E-state index contributed by atoms with van der Waals surface area (Å²) in [6, 6.07) is 3.93. The third-order valence-corrected chi connectivity index (χ3v) is 3.79. The monoisotopic (exact) mass is 276 g/mol. The Morgan fingerprint density at radius 2 is 2.15 bits per heavy atom. The summed E-state index contributed by atoms with van der Waals surface area (Å²) in [5, 5.41) is 3.00. The largest absolute Gasteiger partial charge is 0.362 e. The van der Waals surface area contributed by atoms with Gasteiger partial charge in [-0.2, -0.15) is 0 Å². The molecule has 1 aliphatic heterocycles. The third-order valence-electron chi connectivity index (χ3n) is 3.79. The van der Waals surface area contributed by atoms with Crippen LogP contribution >= 0.6 is 0 Å². The number of rotatable bonds is 3. The van der Waals surface area contributed by atoms with Gasteiger partial charge in [-0.15, -0.1) is 0 Å². The fourth-order valence-corrected chi connectivity index (χ4v) is 2.47. The van der Waals surface area contributed by atoms with Crippen LogP contribution < -0.4 is 10.2 Å².